The maximum atomic E-state index is 4.41. The van der Waals surface area contributed by atoms with Crippen molar-refractivity contribution >= 4 is 11.1 Å². The lowest BCUT2D eigenvalue weighted by atomic mass is 9.97. The van der Waals surface area contributed by atoms with Gasteiger partial charge in [-0.3, -0.25) is 4.98 Å². The first kappa shape index (κ1) is 14.1. The molecule has 0 aliphatic carbocycles. The van der Waals surface area contributed by atoms with E-state index in [0.29, 0.717) is 0 Å². The Kier molecular flexibility index (Phi) is 4.29. The molecule has 106 valence electrons. The molecular weight excluding hydrogens is 266 g/mol. The number of aromatic nitrogens is 1. The number of rotatable bonds is 3. The number of hydrogen-bond donors (Lipinski definition) is 0. The third kappa shape index (κ3) is 3.22. The molecule has 1 heteroatoms. The lowest BCUT2D eigenvalue weighted by molar-refractivity contribution is 1.27. The third-order valence-corrected chi connectivity index (χ3v) is 3.49. The molecule has 3 rings (SSSR count). The van der Waals surface area contributed by atoms with E-state index in [1.165, 1.54) is 0 Å². The van der Waals surface area contributed by atoms with Crippen molar-refractivity contribution in [3.05, 3.63) is 108 Å². The summed E-state index contributed by atoms with van der Waals surface area (Å²) in [6.07, 6.45) is 1.81. The molecule has 0 N–H and O–H groups in total. The van der Waals surface area contributed by atoms with Gasteiger partial charge in [0.25, 0.3) is 0 Å². The minimum absolute atomic E-state index is 0.951. The predicted octanol–water partition coefficient (Wildman–Crippen LogP) is 5.22. The summed E-state index contributed by atoms with van der Waals surface area (Å²) < 4.78 is 0. The minimum atomic E-state index is 0.951. The highest BCUT2D eigenvalue weighted by Crippen LogP contribution is 2.23. The van der Waals surface area contributed by atoms with Crippen molar-refractivity contribution in [2.24, 2.45) is 0 Å². The van der Waals surface area contributed by atoms with Crippen LogP contribution in [0.1, 0.15) is 23.7 Å². The fourth-order valence-electron chi connectivity index (χ4n) is 2.36. The van der Waals surface area contributed by atoms with Gasteiger partial charge in [-0.05, 0) is 30.2 Å². The van der Waals surface area contributed by atoms with Gasteiger partial charge in [-0.15, -0.1) is 5.73 Å². The summed E-state index contributed by atoms with van der Waals surface area (Å²) >= 11 is 0. The summed E-state index contributed by atoms with van der Waals surface area (Å²) in [4.78, 5) is 4.41. The molecule has 0 aliphatic heterocycles. The Hall–Kier alpha value is -2.89. The third-order valence-electron chi connectivity index (χ3n) is 3.49. The lowest BCUT2D eigenvalue weighted by Crippen LogP contribution is -1.88. The standard InChI is InChI=1S/C21H17N/c1-17(21-14-8-9-15-22-21)16-20(18-10-4-2-5-11-18)19-12-6-3-7-13-19/h2-15H,1H3. The molecular formula is C21H17N. The van der Waals surface area contributed by atoms with Crippen LogP contribution in [-0.2, 0) is 0 Å². The van der Waals surface area contributed by atoms with Crippen LogP contribution in [0.5, 0.6) is 0 Å². The first-order valence-electron chi connectivity index (χ1n) is 7.34. The Morgan fingerprint density at radius 3 is 1.77 bits per heavy atom. The number of pyridine rings is 1. The molecule has 0 atom stereocenters. The maximum absolute atomic E-state index is 4.41. The zero-order valence-electron chi connectivity index (χ0n) is 12.5. The normalized spacial score (nSPS) is 9.86. The second kappa shape index (κ2) is 6.71. The van der Waals surface area contributed by atoms with Crippen molar-refractivity contribution in [2.45, 2.75) is 6.92 Å². The number of allylic oxidation sites excluding steroid dienone is 1. The van der Waals surface area contributed by atoms with Gasteiger partial charge in [0, 0.05) is 17.3 Å². The summed E-state index contributed by atoms with van der Waals surface area (Å²) in [7, 11) is 0. The molecule has 0 saturated heterocycles. The maximum Gasteiger partial charge on any atom is 0.0736 e. The summed E-state index contributed by atoms with van der Waals surface area (Å²) in [5.74, 6) is 0. The van der Waals surface area contributed by atoms with Crippen molar-refractivity contribution < 1.29 is 0 Å². The summed E-state index contributed by atoms with van der Waals surface area (Å²) in [5, 5.41) is 0. The molecule has 22 heavy (non-hydrogen) atoms. The number of nitrogens with zero attached hydrogens (tertiary/aromatic N) is 1. The molecule has 0 fully saturated rings. The number of benzene rings is 2. The van der Waals surface area contributed by atoms with Crippen LogP contribution in [0.2, 0.25) is 0 Å². The Morgan fingerprint density at radius 2 is 1.27 bits per heavy atom. The lowest BCUT2D eigenvalue weighted by Gasteiger charge is -2.06. The van der Waals surface area contributed by atoms with E-state index in [2.05, 4.69) is 59.2 Å². The molecule has 0 unspecified atom stereocenters. The van der Waals surface area contributed by atoms with Gasteiger partial charge in [0.2, 0.25) is 0 Å². The smallest absolute Gasteiger partial charge is 0.0736 e. The SMILES string of the molecule is CC(=C=C(c1ccccc1)c1ccccc1)c1ccccn1. The van der Waals surface area contributed by atoms with Crippen molar-refractivity contribution in [2.75, 3.05) is 0 Å². The van der Waals surface area contributed by atoms with Crippen LogP contribution in [0, 0.1) is 0 Å². The molecule has 2 aromatic carbocycles. The van der Waals surface area contributed by atoms with Crippen LogP contribution in [-0.4, -0.2) is 4.98 Å². The fourth-order valence-corrected chi connectivity index (χ4v) is 2.36. The highest BCUT2D eigenvalue weighted by atomic mass is 14.7. The van der Waals surface area contributed by atoms with Crippen LogP contribution in [0.15, 0.2) is 90.8 Å². The summed E-state index contributed by atoms with van der Waals surface area (Å²) in [5.41, 5.74) is 8.92. The van der Waals surface area contributed by atoms with Crippen LogP contribution in [0.25, 0.3) is 11.1 Å². The van der Waals surface area contributed by atoms with Crippen LogP contribution < -0.4 is 0 Å². The van der Waals surface area contributed by atoms with Gasteiger partial charge < -0.3 is 0 Å². The van der Waals surface area contributed by atoms with Gasteiger partial charge in [0.15, 0.2) is 0 Å². The van der Waals surface area contributed by atoms with Crippen molar-refractivity contribution in [3.63, 3.8) is 0 Å². The van der Waals surface area contributed by atoms with Gasteiger partial charge in [-0.1, -0.05) is 66.7 Å². The topological polar surface area (TPSA) is 12.9 Å². The van der Waals surface area contributed by atoms with E-state index in [1.54, 1.807) is 0 Å². The quantitative estimate of drug-likeness (QED) is 0.601. The molecule has 1 heterocycles. The van der Waals surface area contributed by atoms with Gasteiger partial charge >= 0.3 is 0 Å². The van der Waals surface area contributed by atoms with Gasteiger partial charge in [-0.25, -0.2) is 0 Å². The van der Waals surface area contributed by atoms with Crippen molar-refractivity contribution in [1.82, 2.24) is 4.98 Å². The second-order valence-corrected chi connectivity index (χ2v) is 5.07. The van der Waals surface area contributed by atoms with Gasteiger partial charge in [0.05, 0.1) is 5.69 Å². The Labute approximate surface area is 131 Å². The molecule has 0 radical (unpaired) electrons. The predicted molar refractivity (Wildman–Crippen MR) is 92.2 cm³/mol. The van der Waals surface area contributed by atoms with Crippen LogP contribution >= 0.6 is 0 Å². The van der Waals surface area contributed by atoms with E-state index in [-0.39, 0.29) is 0 Å². The average molecular weight is 283 g/mol. The first-order valence-corrected chi connectivity index (χ1v) is 7.34. The highest BCUT2D eigenvalue weighted by Gasteiger charge is 2.04. The molecule has 0 aliphatic rings. The first-order chi connectivity index (χ1) is 10.8. The van der Waals surface area contributed by atoms with Gasteiger partial charge in [0.1, 0.15) is 0 Å². The van der Waals surface area contributed by atoms with E-state index < -0.39 is 0 Å². The average Bonchev–Trinajstić information content (AvgIpc) is 2.62. The summed E-state index contributed by atoms with van der Waals surface area (Å²) in [6.45, 7) is 2.05. The second-order valence-electron chi connectivity index (χ2n) is 5.07. The molecule has 3 aromatic rings. The monoisotopic (exact) mass is 283 g/mol. The van der Waals surface area contributed by atoms with E-state index in [4.69, 9.17) is 0 Å². The molecule has 0 amide bonds. The number of hydrogen-bond acceptors (Lipinski definition) is 1. The molecule has 0 spiro atoms. The zero-order chi connectivity index (χ0) is 15.2. The Bertz CT molecular complexity index is 755. The van der Waals surface area contributed by atoms with Gasteiger partial charge in [-0.2, -0.15) is 0 Å². The minimum Gasteiger partial charge on any atom is -0.256 e. The summed E-state index contributed by atoms with van der Waals surface area (Å²) in [6, 6.07) is 26.6. The van der Waals surface area contributed by atoms with E-state index in [1.807, 2.05) is 43.5 Å². The highest BCUT2D eigenvalue weighted by molar-refractivity contribution is 5.83. The van der Waals surface area contributed by atoms with E-state index in [9.17, 15) is 0 Å². The largest absolute Gasteiger partial charge is 0.256 e. The molecule has 1 nitrogen and oxygen atoms in total. The molecule has 0 bridgehead atoms. The van der Waals surface area contributed by atoms with Crippen LogP contribution in [0.3, 0.4) is 0 Å². The Morgan fingerprint density at radius 1 is 0.727 bits per heavy atom. The Balaban J connectivity index is 2.20. The molecule has 0 saturated carbocycles. The fraction of sp³-hybridized carbons (Fsp3) is 0.0476. The molecule has 1 aromatic heterocycles. The van der Waals surface area contributed by atoms with Crippen LogP contribution in [0.4, 0.5) is 0 Å². The van der Waals surface area contributed by atoms with Crippen molar-refractivity contribution in [3.8, 4) is 0 Å². The van der Waals surface area contributed by atoms with E-state index in [0.717, 1.165) is 28.0 Å². The van der Waals surface area contributed by atoms with E-state index >= 15 is 0 Å². The van der Waals surface area contributed by atoms with Crippen molar-refractivity contribution in [1.29, 1.82) is 0 Å². The zero-order valence-corrected chi connectivity index (χ0v) is 12.5.